The maximum absolute atomic E-state index is 12.6. The highest BCUT2D eigenvalue weighted by atomic mass is 32.2. The van der Waals surface area contributed by atoms with E-state index in [9.17, 15) is 8.42 Å². The van der Waals surface area contributed by atoms with Gasteiger partial charge in [-0.25, -0.2) is 8.42 Å². The van der Waals surface area contributed by atoms with Crippen molar-refractivity contribution in [2.24, 2.45) is 0 Å². The standard InChI is InChI=1S/C18H24N4O2S/c1-3-22(4-2)18-12-11-17(19-20-18)21-25(23,24)16-10-9-14-7-5-6-8-15(14)13-16/h9-13H,3-8H2,1-2H3,(H,19,21). The topological polar surface area (TPSA) is 75.2 Å². The molecular weight excluding hydrogens is 336 g/mol. The minimum atomic E-state index is -3.66. The number of rotatable bonds is 6. The summed E-state index contributed by atoms with van der Waals surface area (Å²) in [4.78, 5) is 2.33. The Hall–Kier alpha value is -2.15. The van der Waals surface area contributed by atoms with Crippen LogP contribution in [-0.2, 0) is 22.9 Å². The molecule has 0 saturated heterocycles. The highest BCUT2D eigenvalue weighted by molar-refractivity contribution is 7.92. The lowest BCUT2D eigenvalue weighted by Gasteiger charge is -2.19. The molecule has 0 bridgehead atoms. The van der Waals surface area contributed by atoms with E-state index in [-0.39, 0.29) is 10.7 Å². The molecule has 0 radical (unpaired) electrons. The van der Waals surface area contributed by atoms with Gasteiger partial charge in [0.15, 0.2) is 11.6 Å². The van der Waals surface area contributed by atoms with Crippen LogP contribution in [0.25, 0.3) is 0 Å². The van der Waals surface area contributed by atoms with Crippen molar-refractivity contribution in [3.8, 4) is 0 Å². The number of aryl methyl sites for hydroxylation is 2. The van der Waals surface area contributed by atoms with Crippen molar-refractivity contribution in [3.63, 3.8) is 0 Å². The fourth-order valence-corrected chi connectivity index (χ4v) is 4.22. The normalized spacial score (nSPS) is 14.0. The van der Waals surface area contributed by atoms with Crippen LogP contribution in [0.15, 0.2) is 35.2 Å². The molecule has 1 aromatic heterocycles. The molecule has 1 aliphatic rings. The third-order valence-electron chi connectivity index (χ3n) is 4.61. The van der Waals surface area contributed by atoms with E-state index in [2.05, 4.69) is 19.8 Å². The monoisotopic (exact) mass is 360 g/mol. The number of fused-ring (bicyclic) bond motifs is 1. The van der Waals surface area contributed by atoms with Crippen molar-refractivity contribution in [1.29, 1.82) is 0 Å². The summed E-state index contributed by atoms with van der Waals surface area (Å²) in [5.74, 6) is 0.968. The number of hydrogen-bond donors (Lipinski definition) is 1. The van der Waals surface area contributed by atoms with Gasteiger partial charge in [0, 0.05) is 13.1 Å². The second-order valence-corrected chi connectivity index (χ2v) is 7.87. The summed E-state index contributed by atoms with van der Waals surface area (Å²) in [7, 11) is -3.66. The van der Waals surface area contributed by atoms with Crippen molar-refractivity contribution in [2.45, 2.75) is 44.4 Å². The molecule has 6 nitrogen and oxygen atoms in total. The van der Waals surface area contributed by atoms with Gasteiger partial charge in [0.05, 0.1) is 4.90 Å². The van der Waals surface area contributed by atoms with Gasteiger partial charge in [0.25, 0.3) is 10.0 Å². The van der Waals surface area contributed by atoms with Crippen molar-refractivity contribution in [3.05, 3.63) is 41.5 Å². The number of nitrogens with zero attached hydrogens (tertiary/aromatic N) is 3. The summed E-state index contributed by atoms with van der Waals surface area (Å²) in [6.07, 6.45) is 4.26. The minimum Gasteiger partial charge on any atom is -0.356 e. The quantitative estimate of drug-likeness (QED) is 0.857. The summed E-state index contributed by atoms with van der Waals surface area (Å²) in [5.41, 5.74) is 2.39. The molecule has 0 saturated carbocycles. The fraction of sp³-hybridized carbons (Fsp3) is 0.444. The molecule has 7 heteroatoms. The summed E-state index contributed by atoms with van der Waals surface area (Å²) in [6.45, 7) is 5.73. The Morgan fingerprint density at radius 1 is 1.00 bits per heavy atom. The van der Waals surface area contributed by atoms with E-state index < -0.39 is 10.0 Å². The molecule has 0 atom stereocenters. The third-order valence-corrected chi connectivity index (χ3v) is 5.96. The van der Waals surface area contributed by atoms with E-state index in [1.54, 1.807) is 24.3 Å². The molecule has 0 unspecified atom stereocenters. The smallest absolute Gasteiger partial charge is 0.263 e. The predicted molar refractivity (Wildman–Crippen MR) is 99.5 cm³/mol. The Bertz CT molecular complexity index is 831. The molecular formula is C18H24N4O2S. The zero-order valence-electron chi connectivity index (χ0n) is 14.7. The van der Waals surface area contributed by atoms with Crippen LogP contribution < -0.4 is 9.62 Å². The molecule has 25 heavy (non-hydrogen) atoms. The molecule has 0 amide bonds. The number of sulfonamides is 1. The number of benzene rings is 1. The average Bonchev–Trinajstić information content (AvgIpc) is 2.63. The summed E-state index contributed by atoms with van der Waals surface area (Å²) in [6, 6.07) is 8.82. The van der Waals surface area contributed by atoms with E-state index >= 15 is 0 Å². The minimum absolute atomic E-state index is 0.230. The van der Waals surface area contributed by atoms with Crippen molar-refractivity contribution >= 4 is 21.7 Å². The summed E-state index contributed by atoms with van der Waals surface area (Å²) in [5, 5.41) is 8.13. The molecule has 3 rings (SSSR count). The number of nitrogens with one attached hydrogen (secondary N) is 1. The van der Waals surface area contributed by atoms with E-state index in [1.165, 1.54) is 12.0 Å². The van der Waals surface area contributed by atoms with Gasteiger partial charge in [-0.1, -0.05) is 6.07 Å². The Balaban J connectivity index is 1.79. The van der Waals surface area contributed by atoms with Crippen LogP contribution in [0.2, 0.25) is 0 Å². The van der Waals surface area contributed by atoms with Gasteiger partial charge in [0.1, 0.15) is 0 Å². The van der Waals surface area contributed by atoms with Crippen LogP contribution >= 0.6 is 0 Å². The molecule has 1 N–H and O–H groups in total. The van der Waals surface area contributed by atoms with Gasteiger partial charge in [-0.2, -0.15) is 0 Å². The number of hydrogen-bond acceptors (Lipinski definition) is 5. The van der Waals surface area contributed by atoms with Crippen LogP contribution in [0.3, 0.4) is 0 Å². The van der Waals surface area contributed by atoms with Crippen molar-refractivity contribution in [1.82, 2.24) is 10.2 Å². The van der Waals surface area contributed by atoms with Gasteiger partial charge >= 0.3 is 0 Å². The molecule has 0 spiro atoms. The van der Waals surface area contributed by atoms with Crippen LogP contribution in [0.4, 0.5) is 11.6 Å². The van der Waals surface area contributed by atoms with Crippen LogP contribution in [0.1, 0.15) is 37.8 Å². The molecule has 134 valence electrons. The molecule has 0 aliphatic heterocycles. The van der Waals surface area contributed by atoms with Gasteiger partial charge in [-0.05, 0) is 74.9 Å². The highest BCUT2D eigenvalue weighted by Crippen LogP contribution is 2.25. The molecule has 0 fully saturated rings. The second-order valence-electron chi connectivity index (χ2n) is 6.19. The second kappa shape index (κ2) is 7.39. The van der Waals surface area contributed by atoms with Crippen molar-refractivity contribution in [2.75, 3.05) is 22.7 Å². The van der Waals surface area contributed by atoms with Crippen molar-refractivity contribution < 1.29 is 8.42 Å². The van der Waals surface area contributed by atoms with Crippen LogP contribution in [0, 0.1) is 0 Å². The van der Waals surface area contributed by atoms with E-state index in [0.717, 1.165) is 43.7 Å². The first-order chi connectivity index (χ1) is 12.0. The number of anilines is 2. The van der Waals surface area contributed by atoms with Crippen LogP contribution in [-0.4, -0.2) is 31.7 Å². The highest BCUT2D eigenvalue weighted by Gasteiger charge is 2.18. The zero-order valence-corrected chi connectivity index (χ0v) is 15.5. The Labute approximate surface area is 149 Å². The fourth-order valence-electron chi connectivity index (χ4n) is 3.17. The Morgan fingerprint density at radius 2 is 1.72 bits per heavy atom. The summed E-state index contributed by atoms with van der Waals surface area (Å²) >= 11 is 0. The first-order valence-corrected chi connectivity index (χ1v) is 10.2. The van der Waals surface area contributed by atoms with E-state index in [0.29, 0.717) is 0 Å². The molecule has 2 aromatic rings. The van der Waals surface area contributed by atoms with Gasteiger partial charge in [-0.15, -0.1) is 10.2 Å². The largest absolute Gasteiger partial charge is 0.356 e. The Kier molecular flexibility index (Phi) is 5.22. The molecule has 1 aliphatic carbocycles. The van der Waals surface area contributed by atoms with E-state index in [4.69, 9.17) is 0 Å². The first kappa shape index (κ1) is 17.7. The number of aromatic nitrogens is 2. The van der Waals surface area contributed by atoms with Crippen LogP contribution in [0.5, 0.6) is 0 Å². The molecule has 1 heterocycles. The maximum Gasteiger partial charge on any atom is 0.263 e. The first-order valence-electron chi connectivity index (χ1n) is 8.76. The van der Waals surface area contributed by atoms with Gasteiger partial charge in [-0.3, -0.25) is 4.72 Å². The molecule has 1 aromatic carbocycles. The van der Waals surface area contributed by atoms with E-state index in [1.807, 2.05) is 19.9 Å². The SMILES string of the molecule is CCN(CC)c1ccc(NS(=O)(=O)c2ccc3c(c2)CCCC3)nn1. The Morgan fingerprint density at radius 3 is 2.36 bits per heavy atom. The predicted octanol–water partition coefficient (Wildman–Crippen LogP) is 3.00. The lowest BCUT2D eigenvalue weighted by molar-refractivity contribution is 0.600. The maximum atomic E-state index is 12.6. The lowest BCUT2D eigenvalue weighted by Crippen LogP contribution is -2.23. The third kappa shape index (κ3) is 3.92. The zero-order chi connectivity index (χ0) is 17.9. The van der Waals surface area contributed by atoms with Gasteiger partial charge in [0.2, 0.25) is 0 Å². The average molecular weight is 360 g/mol. The summed E-state index contributed by atoms with van der Waals surface area (Å²) < 4.78 is 27.8. The lowest BCUT2D eigenvalue weighted by atomic mass is 9.92. The van der Waals surface area contributed by atoms with Gasteiger partial charge < -0.3 is 4.90 Å².